The van der Waals surface area contributed by atoms with E-state index >= 15 is 0 Å². The van der Waals surface area contributed by atoms with Crippen LogP contribution in [-0.4, -0.2) is 47.4 Å². The Bertz CT molecular complexity index is 1050. The van der Waals surface area contributed by atoms with Gasteiger partial charge in [-0.05, 0) is 35.1 Å². The van der Waals surface area contributed by atoms with E-state index < -0.39 is 42.1 Å². The summed E-state index contributed by atoms with van der Waals surface area (Å²) in [6.07, 6.45) is -7.24. The number of carboxylic acids is 1. The molecule has 0 aromatic heterocycles. The summed E-state index contributed by atoms with van der Waals surface area (Å²) >= 11 is 0. The van der Waals surface area contributed by atoms with Crippen LogP contribution in [0.3, 0.4) is 0 Å². The lowest BCUT2D eigenvalue weighted by atomic mass is 9.98. The lowest BCUT2D eigenvalue weighted by Gasteiger charge is -2.24. The van der Waals surface area contributed by atoms with Crippen LogP contribution in [0.25, 0.3) is 11.1 Å². The number of aliphatic carboxylic acids is 1. The predicted molar refractivity (Wildman–Crippen MR) is 110 cm³/mol. The highest BCUT2D eigenvalue weighted by Crippen LogP contribution is 2.49. The summed E-state index contributed by atoms with van der Waals surface area (Å²) in [6.45, 7) is -0.0895. The zero-order chi connectivity index (χ0) is 23.8. The van der Waals surface area contributed by atoms with Crippen molar-refractivity contribution in [3.05, 3.63) is 59.7 Å². The summed E-state index contributed by atoms with van der Waals surface area (Å²) in [5.74, 6) is -2.94. The Balaban J connectivity index is 1.42. The van der Waals surface area contributed by atoms with Gasteiger partial charge < -0.3 is 20.5 Å². The number of benzene rings is 2. The van der Waals surface area contributed by atoms with E-state index in [2.05, 4.69) is 5.32 Å². The first-order valence-electron chi connectivity index (χ1n) is 10.3. The number of ether oxygens (including phenoxy) is 1. The third kappa shape index (κ3) is 4.50. The van der Waals surface area contributed by atoms with Crippen molar-refractivity contribution in [3.8, 4) is 11.1 Å². The normalized spacial score (nSPS) is 16.8. The first-order valence-corrected chi connectivity index (χ1v) is 10.3. The minimum Gasteiger partial charge on any atom is -0.481 e. The number of nitrogens with one attached hydrogen (secondary N) is 2. The van der Waals surface area contributed by atoms with E-state index in [0.717, 1.165) is 22.3 Å². The van der Waals surface area contributed by atoms with Gasteiger partial charge in [0.05, 0.1) is 6.42 Å². The van der Waals surface area contributed by atoms with Crippen molar-refractivity contribution in [3.63, 3.8) is 0 Å². The maximum Gasteiger partial charge on any atom is 0.411 e. The van der Waals surface area contributed by atoms with Crippen LogP contribution in [0.4, 0.5) is 18.0 Å². The maximum atomic E-state index is 13.1. The molecule has 1 atom stereocenters. The average Bonchev–Trinajstić information content (AvgIpc) is 3.48. The molecule has 1 saturated carbocycles. The maximum absolute atomic E-state index is 13.1. The molecular weight excluding hydrogens is 441 g/mol. The van der Waals surface area contributed by atoms with Gasteiger partial charge in [-0.25, -0.2) is 4.79 Å². The molecule has 2 aliphatic carbocycles. The van der Waals surface area contributed by atoms with Gasteiger partial charge in [0.2, 0.25) is 5.91 Å². The van der Waals surface area contributed by atoms with E-state index in [9.17, 15) is 27.6 Å². The van der Waals surface area contributed by atoms with Gasteiger partial charge in [0.1, 0.15) is 18.2 Å². The summed E-state index contributed by atoms with van der Waals surface area (Å²) < 4.78 is 44.7. The van der Waals surface area contributed by atoms with E-state index in [0.29, 0.717) is 0 Å². The number of hydrogen-bond acceptors (Lipinski definition) is 4. The number of alkyl carbamates (subject to hydrolysis) is 1. The summed E-state index contributed by atoms with van der Waals surface area (Å²) in [5, 5.41) is 13.0. The molecule has 0 aliphatic heterocycles. The number of rotatable bonds is 7. The minimum absolute atomic E-state index is 0.0895. The fraction of sp³-hybridized carbons (Fsp3) is 0.348. The number of hydrogen-bond donors (Lipinski definition) is 3. The van der Waals surface area contributed by atoms with Crippen molar-refractivity contribution < 1.29 is 37.4 Å². The van der Waals surface area contributed by atoms with Crippen LogP contribution in [0.15, 0.2) is 48.5 Å². The number of halogens is 3. The Kier molecular flexibility index (Phi) is 5.77. The fourth-order valence-corrected chi connectivity index (χ4v) is 4.09. The van der Waals surface area contributed by atoms with E-state index in [1.807, 2.05) is 53.8 Å². The second kappa shape index (κ2) is 8.42. The Labute approximate surface area is 186 Å². The monoisotopic (exact) mass is 462 g/mol. The first-order chi connectivity index (χ1) is 15.6. The number of alkyl halides is 3. The molecule has 10 heteroatoms. The van der Waals surface area contributed by atoms with Crippen molar-refractivity contribution >= 4 is 18.0 Å². The summed E-state index contributed by atoms with van der Waals surface area (Å²) in [6, 6.07) is 13.5. The van der Waals surface area contributed by atoms with E-state index in [4.69, 9.17) is 9.84 Å². The van der Waals surface area contributed by atoms with E-state index in [-0.39, 0.29) is 25.4 Å². The topological polar surface area (TPSA) is 105 Å². The molecule has 0 saturated heterocycles. The quantitative estimate of drug-likeness (QED) is 0.584. The Morgan fingerprint density at radius 3 is 2.06 bits per heavy atom. The van der Waals surface area contributed by atoms with Gasteiger partial charge in [-0.15, -0.1) is 0 Å². The van der Waals surface area contributed by atoms with Crippen LogP contribution < -0.4 is 10.6 Å². The Hall–Kier alpha value is -3.56. The molecule has 2 amide bonds. The van der Waals surface area contributed by atoms with Gasteiger partial charge in [-0.3, -0.25) is 9.59 Å². The Morgan fingerprint density at radius 1 is 1.03 bits per heavy atom. The van der Waals surface area contributed by atoms with E-state index in [1.54, 1.807) is 0 Å². The molecule has 7 nitrogen and oxygen atoms in total. The molecule has 0 heterocycles. The SMILES string of the molecule is O=C(O)CC(NC(=O)OCC1c2ccccc2-c2ccccc21)C(=O)NC1(C(F)(F)F)CC1. The molecule has 4 rings (SSSR count). The van der Waals surface area contributed by atoms with Crippen molar-refractivity contribution in [1.29, 1.82) is 0 Å². The molecule has 0 radical (unpaired) electrons. The highest BCUT2D eigenvalue weighted by molar-refractivity contribution is 5.90. The molecule has 1 unspecified atom stereocenters. The van der Waals surface area contributed by atoms with Gasteiger partial charge in [-0.1, -0.05) is 48.5 Å². The highest BCUT2D eigenvalue weighted by Gasteiger charge is 2.64. The van der Waals surface area contributed by atoms with Gasteiger partial charge >= 0.3 is 18.2 Å². The molecule has 2 aromatic carbocycles. The number of fused-ring (bicyclic) bond motifs is 3. The largest absolute Gasteiger partial charge is 0.481 e. The lowest BCUT2D eigenvalue weighted by Crippen LogP contribution is -2.55. The van der Waals surface area contributed by atoms with Gasteiger partial charge in [-0.2, -0.15) is 13.2 Å². The number of carbonyl (C=O) groups is 3. The van der Waals surface area contributed by atoms with Crippen LogP contribution in [0.5, 0.6) is 0 Å². The third-order valence-electron chi connectivity index (χ3n) is 5.99. The molecule has 2 aliphatic rings. The van der Waals surface area contributed by atoms with Crippen molar-refractivity contribution in [2.45, 2.75) is 42.9 Å². The zero-order valence-corrected chi connectivity index (χ0v) is 17.3. The van der Waals surface area contributed by atoms with Crippen LogP contribution >= 0.6 is 0 Å². The second-order valence-corrected chi connectivity index (χ2v) is 8.19. The Morgan fingerprint density at radius 2 is 1.58 bits per heavy atom. The van der Waals surface area contributed by atoms with Crippen molar-refractivity contribution in [2.24, 2.45) is 0 Å². The molecule has 174 valence electrons. The van der Waals surface area contributed by atoms with Gasteiger partial charge in [0, 0.05) is 5.92 Å². The van der Waals surface area contributed by atoms with Crippen molar-refractivity contribution in [1.82, 2.24) is 10.6 Å². The molecule has 33 heavy (non-hydrogen) atoms. The van der Waals surface area contributed by atoms with Crippen LogP contribution in [0.1, 0.15) is 36.3 Å². The smallest absolute Gasteiger partial charge is 0.411 e. The summed E-state index contributed by atoms with van der Waals surface area (Å²) in [4.78, 5) is 35.9. The third-order valence-corrected chi connectivity index (χ3v) is 5.99. The van der Waals surface area contributed by atoms with Gasteiger partial charge in [0.25, 0.3) is 0 Å². The number of carboxylic acid groups (broad SMARTS) is 1. The van der Waals surface area contributed by atoms with Crippen LogP contribution in [-0.2, 0) is 14.3 Å². The molecule has 0 spiro atoms. The molecule has 2 aromatic rings. The summed E-state index contributed by atoms with van der Waals surface area (Å²) in [5.41, 5.74) is 1.54. The second-order valence-electron chi connectivity index (χ2n) is 8.19. The number of amides is 2. The molecule has 0 bridgehead atoms. The minimum atomic E-state index is -4.67. The van der Waals surface area contributed by atoms with Gasteiger partial charge in [0.15, 0.2) is 0 Å². The average molecular weight is 462 g/mol. The number of carbonyl (C=O) groups excluding carboxylic acids is 2. The van der Waals surface area contributed by atoms with Crippen molar-refractivity contribution in [2.75, 3.05) is 6.61 Å². The first kappa shape index (κ1) is 22.6. The zero-order valence-electron chi connectivity index (χ0n) is 17.3. The van der Waals surface area contributed by atoms with Crippen LogP contribution in [0, 0.1) is 0 Å². The molecule has 1 fully saturated rings. The van der Waals surface area contributed by atoms with Crippen LogP contribution in [0.2, 0.25) is 0 Å². The van der Waals surface area contributed by atoms with E-state index in [1.165, 1.54) is 0 Å². The molecular formula is C23H21F3N2O5. The summed E-state index contributed by atoms with van der Waals surface area (Å²) in [7, 11) is 0. The lowest BCUT2D eigenvalue weighted by molar-refractivity contribution is -0.171. The highest BCUT2D eigenvalue weighted by atomic mass is 19.4. The fourth-order valence-electron chi connectivity index (χ4n) is 4.09. The molecule has 3 N–H and O–H groups in total. The standard InChI is InChI=1S/C23H21F3N2O5/c24-23(25,26)22(9-10-22)28-20(31)18(11-19(29)30)27-21(32)33-12-17-15-7-3-1-5-13(15)14-6-2-4-8-16(14)17/h1-8,17-18H,9-12H2,(H,27,32)(H,28,31)(H,29,30). The predicted octanol–water partition coefficient (Wildman–Crippen LogP) is 3.58.